The molecule has 152 valence electrons. The Hall–Kier alpha value is -2.57. The van der Waals surface area contributed by atoms with Gasteiger partial charge in [-0.2, -0.15) is 0 Å². The number of aromatic nitrogens is 2. The maximum atomic E-state index is 12.7. The number of para-hydroxylation sites is 2. The van der Waals surface area contributed by atoms with Gasteiger partial charge in [0.1, 0.15) is 24.7 Å². The van der Waals surface area contributed by atoms with Crippen LogP contribution in [0.4, 0.5) is 0 Å². The second-order valence-electron chi connectivity index (χ2n) is 7.25. The number of hydrogen-bond donors (Lipinski definition) is 1. The van der Waals surface area contributed by atoms with Gasteiger partial charge < -0.3 is 19.4 Å². The zero-order valence-electron chi connectivity index (χ0n) is 16.3. The maximum absolute atomic E-state index is 12.7. The zero-order valence-corrected chi connectivity index (χ0v) is 17.1. The Kier molecular flexibility index (Phi) is 6.02. The number of fused-ring (bicyclic) bond motifs is 1. The van der Waals surface area contributed by atoms with Crippen molar-refractivity contribution in [2.45, 2.75) is 45.1 Å². The summed E-state index contributed by atoms with van der Waals surface area (Å²) < 4.78 is 13.5. The Labute approximate surface area is 174 Å². The Bertz CT molecular complexity index is 981. The molecule has 2 atom stereocenters. The molecule has 1 saturated heterocycles. The minimum Gasteiger partial charge on any atom is -0.486 e. The topological polar surface area (TPSA) is 65.4 Å². The van der Waals surface area contributed by atoms with E-state index in [9.17, 15) is 4.79 Å². The lowest BCUT2D eigenvalue weighted by molar-refractivity contribution is -0.123. The van der Waals surface area contributed by atoms with E-state index in [1.807, 2.05) is 47.9 Å². The predicted molar refractivity (Wildman–Crippen MR) is 112 cm³/mol. The third-order valence-electron chi connectivity index (χ3n) is 5.13. The number of nitrogens with zero attached hydrogens (tertiary/aromatic N) is 2. The van der Waals surface area contributed by atoms with E-state index in [1.165, 1.54) is 0 Å². The number of amides is 1. The first-order valence-electron chi connectivity index (χ1n) is 9.83. The minimum atomic E-state index is -0.0658. The smallest absolute Gasteiger partial charge is 0.240 e. The molecule has 2 unspecified atom stereocenters. The van der Waals surface area contributed by atoms with Crippen molar-refractivity contribution in [2.24, 2.45) is 0 Å². The van der Waals surface area contributed by atoms with Crippen molar-refractivity contribution in [2.75, 3.05) is 6.61 Å². The molecule has 1 aliphatic rings. The summed E-state index contributed by atoms with van der Waals surface area (Å²) in [5.74, 6) is 1.33. The van der Waals surface area contributed by atoms with Gasteiger partial charge in [-0.1, -0.05) is 23.7 Å². The Morgan fingerprint density at radius 3 is 2.86 bits per heavy atom. The number of benzene rings is 2. The maximum Gasteiger partial charge on any atom is 0.240 e. The first-order valence-corrected chi connectivity index (χ1v) is 10.2. The molecule has 0 bridgehead atoms. The van der Waals surface area contributed by atoms with Gasteiger partial charge >= 0.3 is 0 Å². The van der Waals surface area contributed by atoms with E-state index in [2.05, 4.69) is 10.3 Å². The SMILES string of the molecule is CC(NC(=O)Cn1c(COc2ccc(Cl)cc2)nc2ccccc21)C1CCCO1. The number of hydrogen-bond acceptors (Lipinski definition) is 4. The van der Waals surface area contributed by atoms with Gasteiger partial charge in [-0.25, -0.2) is 4.98 Å². The van der Waals surface area contributed by atoms with Crippen molar-refractivity contribution in [3.8, 4) is 5.75 Å². The fraction of sp³-hybridized carbons (Fsp3) is 0.364. The summed E-state index contributed by atoms with van der Waals surface area (Å²) in [6.45, 7) is 3.19. The fourth-order valence-corrected chi connectivity index (χ4v) is 3.75. The summed E-state index contributed by atoms with van der Waals surface area (Å²) in [4.78, 5) is 17.4. The lowest BCUT2D eigenvalue weighted by atomic mass is 10.1. The highest BCUT2D eigenvalue weighted by Crippen LogP contribution is 2.20. The summed E-state index contributed by atoms with van der Waals surface area (Å²) in [5.41, 5.74) is 1.74. The highest BCUT2D eigenvalue weighted by molar-refractivity contribution is 6.30. The molecule has 0 saturated carbocycles. The van der Waals surface area contributed by atoms with Crippen LogP contribution in [-0.4, -0.2) is 34.2 Å². The van der Waals surface area contributed by atoms with Gasteiger partial charge in [0.15, 0.2) is 0 Å². The zero-order chi connectivity index (χ0) is 20.2. The summed E-state index contributed by atoms with van der Waals surface area (Å²) in [7, 11) is 0. The predicted octanol–water partition coefficient (Wildman–Crippen LogP) is 3.95. The highest BCUT2D eigenvalue weighted by Gasteiger charge is 2.24. The molecule has 6 nitrogen and oxygen atoms in total. The molecule has 2 aromatic carbocycles. The second-order valence-corrected chi connectivity index (χ2v) is 7.69. The molecule has 1 aromatic heterocycles. The molecule has 1 N–H and O–H groups in total. The number of halogens is 1. The average molecular weight is 414 g/mol. The van der Waals surface area contributed by atoms with Gasteiger partial charge in [0, 0.05) is 11.6 Å². The molecule has 4 rings (SSSR count). The highest BCUT2D eigenvalue weighted by atomic mass is 35.5. The second kappa shape index (κ2) is 8.84. The Balaban J connectivity index is 1.49. The molecule has 29 heavy (non-hydrogen) atoms. The van der Waals surface area contributed by atoms with E-state index in [1.54, 1.807) is 12.1 Å². The van der Waals surface area contributed by atoms with Crippen LogP contribution in [0.25, 0.3) is 11.0 Å². The van der Waals surface area contributed by atoms with Gasteiger partial charge in [0.2, 0.25) is 5.91 Å². The third-order valence-corrected chi connectivity index (χ3v) is 5.38. The molecule has 7 heteroatoms. The lowest BCUT2D eigenvalue weighted by Crippen LogP contribution is -2.42. The molecule has 1 fully saturated rings. The molecule has 0 radical (unpaired) electrons. The number of rotatable bonds is 7. The van der Waals surface area contributed by atoms with Crippen molar-refractivity contribution in [1.29, 1.82) is 0 Å². The van der Waals surface area contributed by atoms with E-state index in [0.717, 1.165) is 30.5 Å². The van der Waals surface area contributed by atoms with Crippen LogP contribution < -0.4 is 10.1 Å². The number of nitrogens with one attached hydrogen (secondary N) is 1. The standard InChI is InChI=1S/C22H24ClN3O3/c1-15(20-7-4-12-28-20)24-22(27)13-26-19-6-3-2-5-18(19)25-21(26)14-29-17-10-8-16(23)9-11-17/h2-3,5-6,8-11,15,20H,4,7,12-14H2,1H3,(H,24,27). The van der Waals surface area contributed by atoms with Crippen molar-refractivity contribution < 1.29 is 14.3 Å². The summed E-state index contributed by atoms with van der Waals surface area (Å²) in [5, 5.41) is 3.72. The number of ether oxygens (including phenoxy) is 2. The fourth-order valence-electron chi connectivity index (χ4n) is 3.62. The van der Waals surface area contributed by atoms with Gasteiger partial charge in [-0.05, 0) is 56.2 Å². The first-order chi connectivity index (χ1) is 14.1. The van der Waals surface area contributed by atoms with E-state index < -0.39 is 0 Å². The minimum absolute atomic E-state index is 0.0199. The molecular formula is C22H24ClN3O3. The van der Waals surface area contributed by atoms with Crippen LogP contribution in [0.3, 0.4) is 0 Å². The normalized spacial score (nSPS) is 17.4. The Morgan fingerprint density at radius 1 is 1.31 bits per heavy atom. The van der Waals surface area contributed by atoms with Crippen LogP contribution in [0, 0.1) is 0 Å². The summed E-state index contributed by atoms with van der Waals surface area (Å²) in [6, 6.07) is 14.9. The van der Waals surface area contributed by atoms with Crippen molar-refractivity contribution >= 4 is 28.5 Å². The van der Waals surface area contributed by atoms with E-state index >= 15 is 0 Å². The molecule has 1 amide bonds. The monoisotopic (exact) mass is 413 g/mol. The summed E-state index contributed by atoms with van der Waals surface area (Å²) >= 11 is 5.93. The van der Waals surface area contributed by atoms with Crippen LogP contribution >= 0.6 is 11.6 Å². The first kappa shape index (κ1) is 19.7. The van der Waals surface area contributed by atoms with E-state index in [0.29, 0.717) is 16.6 Å². The Morgan fingerprint density at radius 2 is 2.10 bits per heavy atom. The molecule has 3 aromatic rings. The van der Waals surface area contributed by atoms with Gasteiger partial charge in [-0.15, -0.1) is 0 Å². The number of carbonyl (C=O) groups excluding carboxylic acids is 1. The van der Waals surface area contributed by atoms with Crippen LogP contribution in [-0.2, 0) is 22.7 Å². The quantitative estimate of drug-likeness (QED) is 0.636. The van der Waals surface area contributed by atoms with Gasteiger partial charge in [0.25, 0.3) is 0 Å². The van der Waals surface area contributed by atoms with E-state index in [-0.39, 0.29) is 31.2 Å². The number of carbonyl (C=O) groups is 1. The molecule has 1 aliphatic heterocycles. The molecule has 2 heterocycles. The molecular weight excluding hydrogens is 390 g/mol. The largest absolute Gasteiger partial charge is 0.486 e. The van der Waals surface area contributed by atoms with Crippen molar-refractivity contribution in [1.82, 2.24) is 14.9 Å². The van der Waals surface area contributed by atoms with E-state index in [4.69, 9.17) is 21.1 Å². The van der Waals surface area contributed by atoms with Crippen LogP contribution in [0.1, 0.15) is 25.6 Å². The van der Waals surface area contributed by atoms with Gasteiger partial charge in [-0.3, -0.25) is 4.79 Å². The van der Waals surface area contributed by atoms with Crippen LogP contribution in [0.5, 0.6) is 5.75 Å². The molecule has 0 aliphatic carbocycles. The third kappa shape index (κ3) is 4.71. The van der Waals surface area contributed by atoms with Crippen molar-refractivity contribution in [3.05, 3.63) is 59.4 Å². The van der Waals surface area contributed by atoms with Crippen molar-refractivity contribution in [3.63, 3.8) is 0 Å². The molecule has 0 spiro atoms. The average Bonchev–Trinajstić information content (AvgIpc) is 3.36. The summed E-state index contributed by atoms with van der Waals surface area (Å²) in [6.07, 6.45) is 2.12. The van der Waals surface area contributed by atoms with Gasteiger partial charge in [0.05, 0.1) is 23.2 Å². The van der Waals surface area contributed by atoms with Crippen LogP contribution in [0.15, 0.2) is 48.5 Å². The number of imidazole rings is 1. The van der Waals surface area contributed by atoms with Crippen LogP contribution in [0.2, 0.25) is 5.02 Å². The lowest BCUT2D eigenvalue weighted by Gasteiger charge is -2.20.